The Labute approximate surface area is 388 Å². The first-order valence-corrected chi connectivity index (χ1v) is 20.4. The van der Waals surface area contributed by atoms with Crippen molar-refractivity contribution in [2.24, 2.45) is 5.92 Å². The van der Waals surface area contributed by atoms with Crippen LogP contribution in [0.3, 0.4) is 0 Å². The summed E-state index contributed by atoms with van der Waals surface area (Å²) in [5.41, 5.74) is 4.71. The molecule has 11 rings (SSSR count). The maximum absolute atomic E-state index is 9.03. The Balaban J connectivity index is 1.05. The third kappa shape index (κ3) is 7.04. The Morgan fingerprint density at radius 3 is 1.89 bits per heavy atom. The van der Waals surface area contributed by atoms with Gasteiger partial charge < -0.3 is 4.74 Å². The smallest absolute Gasteiger partial charge is 0.269 e. The van der Waals surface area contributed by atoms with E-state index >= 15 is 0 Å². The van der Waals surface area contributed by atoms with Crippen LogP contribution in [0.2, 0.25) is 0 Å². The van der Waals surface area contributed by atoms with Crippen molar-refractivity contribution in [2.75, 3.05) is 0 Å². The molecular formula is C58H44N4O. The van der Waals surface area contributed by atoms with E-state index in [1.165, 1.54) is 0 Å². The van der Waals surface area contributed by atoms with Crippen LogP contribution in [0.5, 0.6) is 11.5 Å². The molecule has 0 saturated carbocycles. The zero-order chi connectivity index (χ0) is 55.3. The van der Waals surface area contributed by atoms with Crippen molar-refractivity contribution in [3.63, 3.8) is 0 Å². The molecule has 0 fully saturated rings. The molecule has 0 unspecified atom stereocenters. The highest BCUT2D eigenvalue weighted by atomic mass is 16.5. The molecule has 63 heavy (non-hydrogen) atoms. The van der Waals surface area contributed by atoms with Gasteiger partial charge in [0.25, 0.3) is 6.33 Å². The number of pyridine rings is 1. The topological polar surface area (TPSA) is 35.9 Å². The van der Waals surface area contributed by atoms with Crippen molar-refractivity contribution < 1.29 is 29.9 Å². The SMILES string of the molecule is [2H]c1c([2H])c([2H])c(-c2cnc(-n3c4ccccc4c4ccc(Oc5cccc(-n6[c-][n+](-c7c(-c8c([2H])c([2H])c([2H])c([2H])c8[2H])cccc7-c7c([2H])c([2H])c([2H])c([2H])c7[2H])c7ccccc76)c5)cc43)cc2CC(C)C)c([2H])c1[2H]. The fourth-order valence-corrected chi connectivity index (χ4v) is 8.28. The summed E-state index contributed by atoms with van der Waals surface area (Å²) in [4.78, 5) is 4.91. The largest absolute Gasteiger partial charge is 0.458 e. The summed E-state index contributed by atoms with van der Waals surface area (Å²) in [6.07, 6.45) is 5.54. The van der Waals surface area contributed by atoms with Gasteiger partial charge in [-0.05, 0) is 88.2 Å². The molecule has 0 radical (unpaired) electrons. The summed E-state index contributed by atoms with van der Waals surface area (Å²) in [6.45, 7) is 4.11. The first kappa shape index (κ1) is 25.0. The number of fused-ring (bicyclic) bond motifs is 4. The van der Waals surface area contributed by atoms with Crippen LogP contribution in [0.4, 0.5) is 0 Å². The lowest BCUT2D eigenvalue weighted by Gasteiger charge is -2.17. The molecule has 0 aliphatic heterocycles. The van der Waals surface area contributed by atoms with Gasteiger partial charge in [-0.3, -0.25) is 13.7 Å². The van der Waals surface area contributed by atoms with Gasteiger partial charge in [0.2, 0.25) is 0 Å². The van der Waals surface area contributed by atoms with E-state index in [2.05, 4.69) is 20.2 Å². The molecule has 0 amide bonds. The van der Waals surface area contributed by atoms with Crippen LogP contribution in [0.1, 0.15) is 40.0 Å². The number of rotatable bonds is 10. The van der Waals surface area contributed by atoms with Gasteiger partial charge in [0.1, 0.15) is 17.3 Å². The minimum absolute atomic E-state index is 0.0902. The van der Waals surface area contributed by atoms with Crippen LogP contribution in [-0.4, -0.2) is 14.1 Å². The van der Waals surface area contributed by atoms with E-state index in [1.54, 1.807) is 51.7 Å². The Hall–Kier alpha value is -8.02. The number of ether oxygens (including phenoxy) is 1. The highest BCUT2D eigenvalue weighted by Gasteiger charge is 2.21. The Bertz CT molecular complexity index is 4170. The van der Waals surface area contributed by atoms with Crippen molar-refractivity contribution >= 4 is 32.8 Å². The van der Waals surface area contributed by atoms with E-state index in [1.807, 2.05) is 83.4 Å². The fourth-order valence-electron chi connectivity index (χ4n) is 8.28. The first-order valence-electron chi connectivity index (χ1n) is 27.9. The zero-order valence-electron chi connectivity index (χ0n) is 49.0. The number of imidazole rings is 1. The van der Waals surface area contributed by atoms with E-state index in [-0.39, 0.29) is 51.5 Å². The molecule has 0 bridgehead atoms. The van der Waals surface area contributed by atoms with Gasteiger partial charge in [-0.2, -0.15) is 0 Å². The van der Waals surface area contributed by atoms with Crippen molar-refractivity contribution in [2.45, 2.75) is 20.3 Å². The number of aromatic nitrogens is 4. The highest BCUT2D eigenvalue weighted by molar-refractivity contribution is 6.09. The van der Waals surface area contributed by atoms with Crippen LogP contribution < -0.4 is 9.30 Å². The van der Waals surface area contributed by atoms with Crippen molar-refractivity contribution in [3.05, 3.63) is 224 Å². The minimum Gasteiger partial charge on any atom is -0.458 e. The molecule has 5 nitrogen and oxygen atoms in total. The Kier molecular flexibility index (Phi) is 6.40. The highest BCUT2D eigenvalue weighted by Crippen LogP contribution is 2.38. The van der Waals surface area contributed by atoms with Crippen LogP contribution >= 0.6 is 0 Å². The molecule has 3 aromatic heterocycles. The van der Waals surface area contributed by atoms with Gasteiger partial charge in [-0.25, -0.2) is 4.98 Å². The second-order valence-electron chi connectivity index (χ2n) is 15.4. The van der Waals surface area contributed by atoms with Crippen molar-refractivity contribution in [1.29, 1.82) is 0 Å². The molecule has 0 saturated heterocycles. The Morgan fingerprint density at radius 1 is 0.587 bits per heavy atom. The van der Waals surface area contributed by atoms with Gasteiger partial charge in [-0.15, -0.1) is 0 Å². The third-order valence-electron chi connectivity index (χ3n) is 10.9. The van der Waals surface area contributed by atoms with E-state index in [0.29, 0.717) is 46.0 Å². The lowest BCUT2D eigenvalue weighted by atomic mass is 9.95. The third-order valence-corrected chi connectivity index (χ3v) is 10.9. The molecular weight excluding hydrogens is 769 g/mol. The van der Waals surface area contributed by atoms with Crippen LogP contribution in [-0.2, 0) is 6.42 Å². The van der Waals surface area contributed by atoms with Gasteiger partial charge in [0.05, 0.1) is 54.0 Å². The molecule has 0 aliphatic rings. The number of hydrogen-bond donors (Lipinski definition) is 0. The maximum Gasteiger partial charge on any atom is 0.269 e. The number of hydrogen-bond acceptors (Lipinski definition) is 2. The Morgan fingerprint density at radius 2 is 1.19 bits per heavy atom. The lowest BCUT2D eigenvalue weighted by molar-refractivity contribution is -0.571. The molecule has 0 N–H and O–H groups in total. The van der Waals surface area contributed by atoms with Gasteiger partial charge in [0.15, 0.2) is 0 Å². The lowest BCUT2D eigenvalue weighted by Crippen LogP contribution is -2.31. The van der Waals surface area contributed by atoms with Crippen LogP contribution in [0, 0.1) is 12.2 Å². The van der Waals surface area contributed by atoms with E-state index in [0.717, 1.165) is 27.4 Å². The molecule has 0 spiro atoms. The number of nitrogens with zero attached hydrogens (tertiary/aromatic N) is 4. The average molecular weight is 828 g/mol. The van der Waals surface area contributed by atoms with Gasteiger partial charge in [0, 0.05) is 28.6 Å². The standard InChI is InChI=1S/C58H44N4O/c1-40(2)34-44-35-57(59-38-52(44)43-22-10-5-11-23-43)62-53-29-13-12-26-50(53)51-33-32-47(37-56(51)62)63-46-25-16-24-45(36-46)60-39-61(55-31-15-14-30-54(55)60)58-48(41-18-6-3-7-19-41)27-17-28-49(58)42-20-8-4-9-21-42/h3-33,35-38,40H,34H2,1-2H3/i3D,4D,5D,6D,7D,8D,9D,10D,11D,18D,19D,20D,21D,22D,23D. The predicted octanol–water partition coefficient (Wildman–Crippen LogP) is 14.2. The van der Waals surface area contributed by atoms with E-state index in [9.17, 15) is 0 Å². The quantitative estimate of drug-likeness (QED) is 0.102. The van der Waals surface area contributed by atoms with Crippen molar-refractivity contribution in [1.82, 2.24) is 14.1 Å². The van der Waals surface area contributed by atoms with Crippen LogP contribution in [0.25, 0.3) is 83.4 Å². The second-order valence-corrected chi connectivity index (χ2v) is 15.4. The first-order chi connectivity index (χ1) is 37.3. The molecule has 11 aromatic rings. The number of benzene rings is 8. The summed E-state index contributed by atoms with van der Waals surface area (Å²) >= 11 is 0. The van der Waals surface area contributed by atoms with Crippen LogP contribution in [0.15, 0.2) is 212 Å². The molecule has 5 heteroatoms. The molecule has 0 aliphatic carbocycles. The fraction of sp³-hybridized carbons (Fsp3) is 0.0690. The summed E-state index contributed by atoms with van der Waals surface area (Å²) < 4.78 is 142. The van der Waals surface area contributed by atoms with Gasteiger partial charge >= 0.3 is 0 Å². The maximum atomic E-state index is 9.03. The molecule has 0 atom stereocenters. The zero-order valence-corrected chi connectivity index (χ0v) is 34.0. The summed E-state index contributed by atoms with van der Waals surface area (Å²) in [6, 6.07) is 27.4. The summed E-state index contributed by atoms with van der Waals surface area (Å²) in [7, 11) is 0. The van der Waals surface area contributed by atoms with E-state index in [4.69, 9.17) is 30.3 Å². The summed E-state index contributed by atoms with van der Waals surface area (Å²) in [5, 5.41) is 1.87. The predicted molar refractivity (Wildman–Crippen MR) is 257 cm³/mol. The molecule has 302 valence electrons. The molecule has 8 aromatic carbocycles. The monoisotopic (exact) mass is 827 g/mol. The number of para-hydroxylation sites is 4. The molecule has 3 heterocycles. The summed E-state index contributed by atoms with van der Waals surface area (Å²) in [5.74, 6) is 1.62. The normalized spacial score (nSPS) is 14.9. The van der Waals surface area contributed by atoms with E-state index < -0.39 is 78.6 Å². The van der Waals surface area contributed by atoms with Crippen molar-refractivity contribution in [3.8, 4) is 62.1 Å². The average Bonchev–Trinajstić information content (AvgIpc) is 4.08. The minimum atomic E-state index is -0.590. The second kappa shape index (κ2) is 16.1. The van der Waals surface area contributed by atoms with Gasteiger partial charge in [-0.1, -0.05) is 171 Å².